The Labute approximate surface area is 354 Å². The second-order valence-electron chi connectivity index (χ2n) is 9.97. The molecule has 44 heavy (non-hydrogen) atoms. The van der Waals surface area contributed by atoms with Gasteiger partial charge in [0.2, 0.25) is 0 Å². The van der Waals surface area contributed by atoms with Crippen LogP contribution in [0.25, 0.3) is 0 Å². The summed E-state index contributed by atoms with van der Waals surface area (Å²) in [6.45, 7) is 8.56. The summed E-state index contributed by atoms with van der Waals surface area (Å²) in [4.78, 5) is 0. The first-order valence-electron chi connectivity index (χ1n) is 13.2. The molecule has 0 atom stereocenters. The highest BCUT2D eigenvalue weighted by Crippen LogP contribution is 2.71. The van der Waals surface area contributed by atoms with Crippen molar-refractivity contribution in [2.75, 3.05) is 46.9 Å². The molecule has 4 rings (SSSR count). The molecule has 0 N–H and O–H groups in total. The molecule has 0 radical (unpaired) electrons. The van der Waals surface area contributed by atoms with Crippen LogP contribution in [0.3, 0.4) is 0 Å². The van der Waals surface area contributed by atoms with Crippen molar-refractivity contribution < 1.29 is 24.0 Å². The molecule has 0 unspecified atom stereocenters. The predicted molar refractivity (Wildman–Crippen MR) is 249 cm³/mol. The van der Waals surface area contributed by atoms with Gasteiger partial charge in [-0.15, -0.1) is 0 Å². The van der Waals surface area contributed by atoms with E-state index in [1.165, 1.54) is 45.0 Å². The molecule has 0 saturated carbocycles. The number of hydrogen-bond acceptors (Lipinski definition) is 4. The largest absolute Gasteiger partial charge is 1.00 e. The number of hydrogen-bond donors (Lipinski definition) is 0. The zero-order chi connectivity index (χ0) is 32.7. The molecular formula is C32H40I7N4P. The number of benzene rings is 4. The van der Waals surface area contributed by atoms with Crippen molar-refractivity contribution >= 4 is 142 Å². The molecule has 0 spiro atoms. The van der Waals surface area contributed by atoms with Crippen molar-refractivity contribution in [3.63, 3.8) is 0 Å². The minimum absolute atomic E-state index is 0. The monoisotopic (exact) mass is 1400 g/mol. The van der Waals surface area contributed by atoms with Gasteiger partial charge in [0.25, 0.3) is 0 Å². The molecule has 0 heterocycles. The first-order chi connectivity index (χ1) is 20.6. The van der Waals surface area contributed by atoms with E-state index < -0.39 is 7.87 Å². The predicted octanol–water partition coefficient (Wildman–Crippen LogP) is 10.8. The van der Waals surface area contributed by atoms with Gasteiger partial charge in [-0.25, -0.2) is 0 Å². The van der Waals surface area contributed by atoms with Crippen LogP contribution < -0.4 is 42.7 Å². The zero-order valence-corrected chi connectivity index (χ0v) is 42.1. The van der Waals surface area contributed by atoms with Crippen LogP contribution in [0.4, 0.5) is 22.7 Å². The molecule has 0 bridgehead atoms. The molecule has 0 fully saturated rings. The number of nitrogens with zero attached hydrogens (tertiary/aromatic N) is 4. The van der Waals surface area contributed by atoms with Crippen molar-refractivity contribution in [2.45, 2.75) is 27.7 Å². The second kappa shape index (κ2) is 23.9. The molecule has 242 valence electrons. The van der Waals surface area contributed by atoms with Crippen molar-refractivity contribution in [1.29, 1.82) is 0 Å². The lowest BCUT2D eigenvalue weighted by Gasteiger charge is -2.49. The van der Waals surface area contributed by atoms with Crippen molar-refractivity contribution in [1.82, 2.24) is 0 Å². The normalized spacial score (nSPS) is 9.86. The van der Waals surface area contributed by atoms with E-state index in [9.17, 15) is 0 Å². The van der Waals surface area contributed by atoms with Crippen molar-refractivity contribution in [2.24, 2.45) is 0 Å². The van der Waals surface area contributed by atoms with E-state index in [0.717, 1.165) is 0 Å². The lowest BCUT2D eigenvalue weighted by molar-refractivity contribution is -0.00000812. The smallest absolute Gasteiger partial charge is 0.404 e. The van der Waals surface area contributed by atoms with Gasteiger partial charge in [-0.2, -0.15) is 18.7 Å². The Morgan fingerprint density at radius 3 is 0.614 bits per heavy atom. The van der Waals surface area contributed by atoms with Crippen LogP contribution in [-0.4, -0.2) is 28.2 Å². The number of anilines is 4. The van der Waals surface area contributed by atoms with Crippen LogP contribution in [0.1, 0.15) is 22.3 Å². The fourth-order valence-corrected chi connectivity index (χ4v) is 9.06. The van der Waals surface area contributed by atoms with E-state index in [0.29, 0.717) is 0 Å². The van der Waals surface area contributed by atoms with Gasteiger partial charge >= 0.3 is 7.87 Å². The summed E-state index contributed by atoms with van der Waals surface area (Å²) in [5, 5.41) is 0. The summed E-state index contributed by atoms with van der Waals surface area (Å²) >= 11 is 12.7. The Hall–Kier alpha value is 1.62. The van der Waals surface area contributed by atoms with Gasteiger partial charge in [-0.1, -0.05) is 70.8 Å². The van der Waals surface area contributed by atoms with Crippen LogP contribution in [0.5, 0.6) is 0 Å². The summed E-state index contributed by atoms with van der Waals surface area (Å²) in [5.74, 6) is 0. The Kier molecular flexibility index (Phi) is 24.8. The van der Waals surface area contributed by atoms with E-state index in [2.05, 4.69) is 283 Å². The third-order valence-electron chi connectivity index (χ3n) is 7.24. The second-order valence-corrected chi connectivity index (χ2v) is 13.4. The van der Waals surface area contributed by atoms with Crippen LogP contribution in [0.2, 0.25) is 0 Å². The fourth-order valence-electron chi connectivity index (χ4n) is 4.87. The van der Waals surface area contributed by atoms with Crippen LogP contribution >= 0.6 is 120 Å². The Morgan fingerprint density at radius 2 is 0.477 bits per heavy atom. The average molecular weight is 1400 g/mol. The molecule has 4 nitrogen and oxygen atoms in total. The van der Waals surface area contributed by atoms with E-state index in [1.54, 1.807) is 0 Å². The summed E-state index contributed by atoms with van der Waals surface area (Å²) in [7, 11) is 6.46. The summed E-state index contributed by atoms with van der Waals surface area (Å²) < 4.78 is 9.91. The fraction of sp³-hybridized carbons (Fsp3) is 0.250. The molecule has 0 aliphatic rings. The Bertz CT molecular complexity index is 1120. The third-order valence-corrected chi connectivity index (χ3v) is 11.4. The Balaban J connectivity index is 0.00000249. The number of aryl methyl sites for hydroxylation is 4. The lowest BCUT2D eigenvalue weighted by atomic mass is 10.2. The van der Waals surface area contributed by atoms with E-state index in [4.69, 9.17) is 0 Å². The maximum absolute atomic E-state index is 2.48. The standard InChI is InChI=1S/C32H40N4P.3I2.HI/c1-25-9-17-29(18-10-25)33(5)37(34(6)30-19-11-26(2)12-20-30,35(7)31-21-13-27(3)14-22-31)36(8)32-23-15-28(4)16-24-32;3*1-2;/h9-24H,1-8H3;;;;1H/q+1;;;;/p-1. The number of halogens is 7. The summed E-state index contributed by atoms with van der Waals surface area (Å²) in [6, 6.07) is 35.5. The summed E-state index contributed by atoms with van der Waals surface area (Å²) in [6.07, 6.45) is 0. The van der Waals surface area contributed by atoms with Gasteiger partial charge in [-0.05, 0) is 76.2 Å². The molecule has 0 aliphatic carbocycles. The van der Waals surface area contributed by atoms with Gasteiger partial charge in [0.15, 0.2) is 0 Å². The van der Waals surface area contributed by atoms with Crippen LogP contribution in [-0.2, 0) is 0 Å². The van der Waals surface area contributed by atoms with E-state index >= 15 is 0 Å². The van der Waals surface area contributed by atoms with Gasteiger partial charge in [0.1, 0.15) is 0 Å². The maximum Gasteiger partial charge on any atom is 0.404 e. The molecule has 0 amide bonds. The average Bonchev–Trinajstić information content (AvgIpc) is 3.05. The van der Waals surface area contributed by atoms with Crippen LogP contribution in [0, 0.1) is 27.7 Å². The zero-order valence-electron chi connectivity index (χ0n) is 26.1. The molecule has 4 aromatic carbocycles. The van der Waals surface area contributed by atoms with Gasteiger partial charge in [0, 0.05) is 140 Å². The minimum Gasteiger partial charge on any atom is -1.00 e. The minimum atomic E-state index is -2.48. The van der Waals surface area contributed by atoms with Gasteiger partial charge in [0.05, 0.1) is 22.7 Å². The molecule has 0 saturated heterocycles. The quantitative estimate of drug-likeness (QED) is 0.129. The van der Waals surface area contributed by atoms with Gasteiger partial charge < -0.3 is 24.0 Å². The topological polar surface area (TPSA) is 13.0 Å². The van der Waals surface area contributed by atoms with Crippen molar-refractivity contribution in [3.05, 3.63) is 119 Å². The number of rotatable bonds is 8. The molecule has 0 aromatic heterocycles. The maximum atomic E-state index is 2.48. The SMILES string of the molecule is Cc1ccc(N(C)[P+](N(C)c2ccc(C)cc2)(N(C)c2ccc(C)cc2)N(C)c2ccc(C)cc2)cc1.II.II.II.[I-]. The molecular weight excluding hydrogens is 1360 g/mol. The van der Waals surface area contributed by atoms with Gasteiger partial charge in [-0.3, -0.25) is 0 Å². The van der Waals surface area contributed by atoms with E-state index in [-0.39, 0.29) is 24.0 Å². The first-order valence-corrected chi connectivity index (χ1v) is 33.7. The highest BCUT2D eigenvalue weighted by molar-refractivity contribution is 15.0. The van der Waals surface area contributed by atoms with Crippen molar-refractivity contribution in [3.8, 4) is 0 Å². The third kappa shape index (κ3) is 11.9. The molecule has 4 aromatic rings. The highest BCUT2D eigenvalue weighted by Gasteiger charge is 2.58. The molecule has 12 heteroatoms. The molecule has 0 aliphatic heterocycles. The van der Waals surface area contributed by atoms with Crippen LogP contribution in [0.15, 0.2) is 97.1 Å². The highest BCUT2D eigenvalue weighted by atomic mass is 128. The summed E-state index contributed by atoms with van der Waals surface area (Å²) in [5.41, 5.74) is 9.73. The first kappa shape index (κ1) is 45.6. The van der Waals surface area contributed by atoms with E-state index in [1.807, 2.05) is 0 Å². The Morgan fingerprint density at radius 1 is 0.341 bits per heavy atom. The lowest BCUT2D eigenvalue weighted by Crippen LogP contribution is -3.00.